The van der Waals surface area contributed by atoms with Gasteiger partial charge >= 0.3 is 0 Å². The van der Waals surface area contributed by atoms with Crippen molar-refractivity contribution in [2.75, 3.05) is 13.6 Å². The monoisotopic (exact) mass is 338 g/mol. The summed E-state index contributed by atoms with van der Waals surface area (Å²) in [6.45, 7) is 5.24. The molecule has 0 spiro atoms. The molecule has 0 aromatic heterocycles. The summed E-state index contributed by atoms with van der Waals surface area (Å²) in [4.78, 5) is 4.18. The predicted octanol–water partition coefficient (Wildman–Crippen LogP) is 3.34. The highest BCUT2D eigenvalue weighted by atomic mass is 19.1. The summed E-state index contributed by atoms with van der Waals surface area (Å²) in [5.41, 5.74) is 2.02. The maximum Gasteiger partial charge on any atom is 0.191 e. The van der Waals surface area contributed by atoms with Gasteiger partial charge in [0.1, 0.15) is 5.82 Å². The van der Waals surface area contributed by atoms with E-state index in [4.69, 9.17) is 5.26 Å². The Morgan fingerprint density at radius 1 is 1.16 bits per heavy atom. The summed E-state index contributed by atoms with van der Waals surface area (Å²) in [6.07, 6.45) is 0. The zero-order chi connectivity index (χ0) is 18.3. The number of hydrogen-bond acceptors (Lipinski definition) is 2. The number of guanidine groups is 1. The van der Waals surface area contributed by atoms with Crippen LogP contribution in [0.25, 0.3) is 0 Å². The van der Waals surface area contributed by atoms with Crippen molar-refractivity contribution in [3.8, 4) is 6.07 Å². The van der Waals surface area contributed by atoms with Crippen LogP contribution in [0.3, 0.4) is 0 Å². The van der Waals surface area contributed by atoms with Gasteiger partial charge in [-0.25, -0.2) is 4.39 Å². The van der Waals surface area contributed by atoms with Crippen LogP contribution in [0.4, 0.5) is 4.39 Å². The zero-order valence-corrected chi connectivity index (χ0v) is 14.8. The van der Waals surface area contributed by atoms with E-state index in [-0.39, 0.29) is 17.8 Å². The highest BCUT2D eigenvalue weighted by Gasteiger charge is 2.20. The third-order valence-corrected chi connectivity index (χ3v) is 4.10. The number of aliphatic imine (C=N–C) groups is 1. The fourth-order valence-corrected chi connectivity index (χ4v) is 2.48. The van der Waals surface area contributed by atoms with Gasteiger partial charge in [0.25, 0.3) is 0 Å². The van der Waals surface area contributed by atoms with Crippen LogP contribution in [0.1, 0.15) is 30.5 Å². The van der Waals surface area contributed by atoms with Crippen molar-refractivity contribution in [3.63, 3.8) is 0 Å². The molecule has 4 nitrogen and oxygen atoms in total. The molecule has 2 rings (SSSR count). The molecule has 2 aromatic rings. The normalized spacial score (nSPS) is 11.7. The number of nitriles is 1. The van der Waals surface area contributed by atoms with Crippen molar-refractivity contribution in [2.45, 2.75) is 25.8 Å². The molecule has 5 heteroatoms. The number of nitrogens with zero attached hydrogens (tertiary/aromatic N) is 2. The second kappa shape index (κ2) is 8.29. The summed E-state index contributed by atoms with van der Waals surface area (Å²) in [7, 11) is 1.67. The van der Waals surface area contributed by atoms with Crippen molar-refractivity contribution in [1.29, 1.82) is 5.26 Å². The molecule has 0 aliphatic heterocycles. The van der Waals surface area contributed by atoms with E-state index < -0.39 is 0 Å². The first-order valence-electron chi connectivity index (χ1n) is 8.15. The topological polar surface area (TPSA) is 60.2 Å². The first-order valence-corrected chi connectivity index (χ1v) is 8.15. The molecule has 0 radical (unpaired) electrons. The maximum absolute atomic E-state index is 13.8. The quantitative estimate of drug-likeness (QED) is 0.649. The van der Waals surface area contributed by atoms with E-state index in [0.717, 1.165) is 0 Å². The van der Waals surface area contributed by atoms with E-state index in [1.165, 1.54) is 17.7 Å². The van der Waals surface area contributed by atoms with Crippen LogP contribution >= 0.6 is 0 Å². The Balaban J connectivity index is 1.97. The highest BCUT2D eigenvalue weighted by Crippen LogP contribution is 2.21. The minimum Gasteiger partial charge on any atom is -0.356 e. The van der Waals surface area contributed by atoms with E-state index in [2.05, 4.69) is 41.6 Å². The predicted molar refractivity (Wildman–Crippen MR) is 98.8 cm³/mol. The standard InChI is InChI=1S/C20H23FN4/c1-20(2,17-7-5-4-6-8-17)14-25-19(23-3)24-13-16-11-15(12-22)9-10-18(16)21/h4-11H,13-14H2,1-3H3,(H2,23,24,25). The van der Waals surface area contributed by atoms with E-state index in [9.17, 15) is 4.39 Å². The third kappa shape index (κ3) is 5.05. The Morgan fingerprint density at radius 3 is 2.52 bits per heavy atom. The minimum absolute atomic E-state index is 0.0785. The molecular formula is C20H23FN4. The molecule has 0 saturated heterocycles. The van der Waals surface area contributed by atoms with Gasteiger partial charge in [-0.15, -0.1) is 0 Å². The van der Waals surface area contributed by atoms with E-state index in [1.807, 2.05) is 24.3 Å². The highest BCUT2D eigenvalue weighted by molar-refractivity contribution is 5.79. The van der Waals surface area contributed by atoms with Gasteiger partial charge in [-0.3, -0.25) is 4.99 Å². The van der Waals surface area contributed by atoms with Crippen molar-refractivity contribution in [2.24, 2.45) is 4.99 Å². The first-order chi connectivity index (χ1) is 12.0. The molecule has 0 aliphatic carbocycles. The Kier molecular flexibility index (Phi) is 6.13. The average molecular weight is 338 g/mol. The molecule has 0 bridgehead atoms. The van der Waals surface area contributed by atoms with Crippen LogP contribution in [0.15, 0.2) is 53.5 Å². The SMILES string of the molecule is CN=C(NCc1cc(C#N)ccc1F)NCC(C)(C)c1ccccc1. The lowest BCUT2D eigenvalue weighted by Gasteiger charge is -2.26. The lowest BCUT2D eigenvalue weighted by atomic mass is 9.85. The average Bonchev–Trinajstić information content (AvgIpc) is 2.64. The third-order valence-electron chi connectivity index (χ3n) is 4.10. The van der Waals surface area contributed by atoms with E-state index in [1.54, 1.807) is 13.1 Å². The molecule has 0 unspecified atom stereocenters. The zero-order valence-electron chi connectivity index (χ0n) is 14.8. The molecule has 0 atom stereocenters. The van der Waals surface area contributed by atoms with Crippen molar-refractivity contribution >= 4 is 5.96 Å². The fraction of sp³-hybridized carbons (Fsp3) is 0.300. The van der Waals surface area contributed by atoms with Crippen molar-refractivity contribution in [3.05, 3.63) is 71.0 Å². The molecule has 25 heavy (non-hydrogen) atoms. The van der Waals surface area contributed by atoms with Gasteiger partial charge in [0.2, 0.25) is 0 Å². The molecule has 130 valence electrons. The lowest BCUT2D eigenvalue weighted by Crippen LogP contribution is -2.43. The molecule has 0 heterocycles. The largest absolute Gasteiger partial charge is 0.356 e. The second-order valence-corrected chi connectivity index (χ2v) is 6.45. The van der Waals surface area contributed by atoms with Crippen LogP contribution in [0, 0.1) is 17.1 Å². The molecule has 2 N–H and O–H groups in total. The molecule has 0 fully saturated rings. The van der Waals surface area contributed by atoms with E-state index in [0.29, 0.717) is 23.6 Å². The number of halogens is 1. The van der Waals surface area contributed by atoms with E-state index >= 15 is 0 Å². The van der Waals surface area contributed by atoms with Crippen LogP contribution in [0.5, 0.6) is 0 Å². The smallest absolute Gasteiger partial charge is 0.191 e. The van der Waals surface area contributed by atoms with Crippen LogP contribution in [-0.4, -0.2) is 19.6 Å². The van der Waals surface area contributed by atoms with Gasteiger partial charge in [0.15, 0.2) is 5.96 Å². The summed E-state index contributed by atoms with van der Waals surface area (Å²) < 4.78 is 13.8. The van der Waals surface area contributed by atoms with Gasteiger partial charge in [-0.1, -0.05) is 44.2 Å². The molecule has 0 amide bonds. The number of benzene rings is 2. The minimum atomic E-state index is -0.341. The Labute approximate surface area is 148 Å². The van der Waals surface area contributed by atoms with Crippen LogP contribution in [-0.2, 0) is 12.0 Å². The van der Waals surface area contributed by atoms with Crippen molar-refractivity contribution in [1.82, 2.24) is 10.6 Å². The van der Waals surface area contributed by atoms with Gasteiger partial charge < -0.3 is 10.6 Å². The van der Waals surface area contributed by atoms with Gasteiger partial charge in [-0.05, 0) is 23.8 Å². The fourth-order valence-electron chi connectivity index (χ4n) is 2.48. The van der Waals surface area contributed by atoms with Gasteiger partial charge in [0.05, 0.1) is 11.6 Å². The number of nitrogens with one attached hydrogen (secondary N) is 2. The lowest BCUT2D eigenvalue weighted by molar-refractivity contribution is 0.508. The van der Waals surface area contributed by atoms with Crippen molar-refractivity contribution < 1.29 is 4.39 Å². The number of rotatable bonds is 5. The number of hydrogen-bond donors (Lipinski definition) is 2. The van der Waals surface area contributed by atoms with Crippen LogP contribution < -0.4 is 10.6 Å². The van der Waals surface area contributed by atoms with Crippen LogP contribution in [0.2, 0.25) is 0 Å². The maximum atomic E-state index is 13.8. The molecule has 0 aliphatic rings. The Morgan fingerprint density at radius 2 is 1.88 bits per heavy atom. The molecule has 0 saturated carbocycles. The summed E-state index contributed by atoms with van der Waals surface area (Å²) >= 11 is 0. The Bertz CT molecular complexity index is 776. The second-order valence-electron chi connectivity index (χ2n) is 6.45. The molecular weight excluding hydrogens is 315 g/mol. The summed E-state index contributed by atoms with van der Waals surface area (Å²) in [5, 5.41) is 15.3. The first kappa shape index (κ1) is 18.5. The van der Waals surface area contributed by atoms with Gasteiger partial charge in [-0.2, -0.15) is 5.26 Å². The van der Waals surface area contributed by atoms with Gasteiger partial charge in [0, 0.05) is 31.1 Å². The summed E-state index contributed by atoms with van der Waals surface area (Å²) in [5.74, 6) is 0.248. The Hall–Kier alpha value is -2.87. The summed E-state index contributed by atoms with van der Waals surface area (Å²) in [6, 6.07) is 16.6. The molecule has 2 aromatic carbocycles.